The van der Waals surface area contributed by atoms with Crippen LogP contribution in [0, 0.1) is 0 Å². The molecule has 0 saturated carbocycles. The number of sulfone groups is 1. The van der Waals surface area contributed by atoms with E-state index >= 15 is 0 Å². The number of methoxy groups -OCH3 is 2. The molecule has 1 aliphatic rings. The van der Waals surface area contributed by atoms with Gasteiger partial charge in [-0.3, -0.25) is 4.79 Å². The molecule has 9 heteroatoms. The fraction of sp³-hybridized carbons (Fsp3) is 0.244. The molecule has 5 aromatic carbocycles. The minimum absolute atomic E-state index is 0. The summed E-state index contributed by atoms with van der Waals surface area (Å²) >= 11 is 0. The van der Waals surface area contributed by atoms with E-state index in [1.807, 2.05) is 36.4 Å². The van der Waals surface area contributed by atoms with E-state index in [1.165, 1.54) is 58.2 Å². The van der Waals surface area contributed by atoms with Crippen LogP contribution in [0.3, 0.4) is 0 Å². The molecule has 5 aromatic rings. The van der Waals surface area contributed by atoms with Crippen LogP contribution in [0.1, 0.15) is 84.9 Å². The predicted molar refractivity (Wildman–Crippen MR) is 217 cm³/mol. The molecule has 0 amide bonds. The van der Waals surface area contributed by atoms with Crippen molar-refractivity contribution >= 4 is 27.4 Å². The number of aliphatic hydroxyl groups excluding tert-OH is 1. The number of fused-ring (bicyclic) bond motifs is 1. The molecule has 282 valence electrons. The molecule has 0 saturated heterocycles. The minimum atomic E-state index is -3.40. The van der Waals surface area contributed by atoms with E-state index in [4.69, 9.17) is 15.0 Å². The first-order chi connectivity index (χ1) is 24.8. The predicted octanol–water partition coefficient (Wildman–Crippen LogP) is 9.12. The Morgan fingerprint density at radius 2 is 1.09 bits per heavy atom. The van der Waals surface area contributed by atoms with Crippen LogP contribution < -0.4 is 9.47 Å². The van der Waals surface area contributed by atoms with Crippen molar-refractivity contribution in [2.75, 3.05) is 20.5 Å². The maximum Gasteiger partial charge on any atom is 0.362 e. The summed E-state index contributed by atoms with van der Waals surface area (Å²) in [7, 11) is -0.0216. The lowest BCUT2D eigenvalue weighted by Crippen LogP contribution is -2.26. The van der Waals surface area contributed by atoms with Gasteiger partial charge in [-0.25, -0.2) is 8.42 Å². The zero-order valence-electron chi connectivity index (χ0n) is 30.1. The number of Topliss-reactive ketones (excluding diaryl/α,β-unsaturated/α-hetero) is 1. The van der Waals surface area contributed by atoms with Crippen LogP contribution in [0.4, 0.5) is 0 Å². The van der Waals surface area contributed by atoms with Gasteiger partial charge in [-0.1, -0.05) is 114 Å². The highest BCUT2D eigenvalue weighted by Crippen LogP contribution is 2.41. The van der Waals surface area contributed by atoms with Crippen molar-refractivity contribution in [1.82, 2.24) is 0 Å². The number of hydrogen-bond donors (Lipinski definition) is 1. The molecule has 0 heterocycles. The highest BCUT2D eigenvalue weighted by molar-refractivity contribution is 7.90. The number of hydrogen-bond acceptors (Lipinski definition) is 6. The van der Waals surface area contributed by atoms with Gasteiger partial charge < -0.3 is 20.1 Å². The summed E-state index contributed by atoms with van der Waals surface area (Å²) in [5, 5.41) is 9.53. The van der Waals surface area contributed by atoms with Gasteiger partial charge in [-0.15, -0.1) is 0 Å². The molecule has 54 heavy (non-hydrogen) atoms. The summed E-state index contributed by atoms with van der Waals surface area (Å²) < 4.78 is 33.8. The Morgan fingerprint density at radius 3 is 1.52 bits per heavy atom. The van der Waals surface area contributed by atoms with Gasteiger partial charge in [-0.05, 0) is 76.7 Å². The molecule has 8 nitrogen and oxygen atoms in total. The first-order valence-electron chi connectivity index (χ1n) is 16.7. The zero-order chi connectivity index (χ0) is 37.7. The van der Waals surface area contributed by atoms with E-state index in [9.17, 15) is 18.3 Å². The SMILES string of the molecule is C.C.COc1ccc(C(C)(C)c2ccc(C(C)(c3ccc(CO)cc3)c3ccc(OC)cc3)cc2)cc1.CS(=O)(=O)c1cccc2c1C=CC(=[N+]=[N-])C2=O. The van der Waals surface area contributed by atoms with Gasteiger partial charge >= 0.3 is 5.71 Å². The average Bonchev–Trinajstić information content (AvgIpc) is 3.17. The molecule has 0 aliphatic heterocycles. The molecule has 0 aromatic heterocycles. The molecular weight excluding hydrogens is 697 g/mol. The maximum absolute atomic E-state index is 11.8. The number of carbonyl (C=O) groups is 1. The van der Waals surface area contributed by atoms with E-state index in [-0.39, 0.29) is 48.5 Å². The fourth-order valence-electron chi connectivity index (χ4n) is 6.45. The van der Waals surface area contributed by atoms with Gasteiger partial charge in [0.25, 0.3) is 5.78 Å². The lowest BCUT2D eigenvalue weighted by atomic mass is 9.70. The molecule has 0 bridgehead atoms. The van der Waals surface area contributed by atoms with Crippen LogP contribution in [0.15, 0.2) is 126 Å². The second kappa shape index (κ2) is 17.5. The monoisotopic (exact) mass is 746 g/mol. The summed E-state index contributed by atoms with van der Waals surface area (Å²) in [5.74, 6) is 1.21. The van der Waals surface area contributed by atoms with Crippen molar-refractivity contribution in [2.24, 2.45) is 0 Å². The number of benzene rings is 5. The Balaban J connectivity index is 0.000000348. The first-order valence-corrected chi connectivity index (χ1v) is 18.5. The van der Waals surface area contributed by atoms with Gasteiger partial charge in [0.15, 0.2) is 9.84 Å². The topological polar surface area (TPSA) is 126 Å². The van der Waals surface area contributed by atoms with Crippen molar-refractivity contribution in [2.45, 2.75) is 58.0 Å². The number of ether oxygens (including phenoxy) is 2. The molecule has 6 rings (SSSR count). The van der Waals surface area contributed by atoms with Crippen molar-refractivity contribution in [3.8, 4) is 11.5 Å². The van der Waals surface area contributed by atoms with E-state index in [2.05, 4.69) is 86.2 Å². The molecule has 0 radical (unpaired) electrons. The van der Waals surface area contributed by atoms with E-state index in [0.29, 0.717) is 5.56 Å². The number of nitrogens with zero attached hydrogens (tertiary/aromatic N) is 2. The quantitative estimate of drug-likeness (QED) is 0.0911. The Labute approximate surface area is 320 Å². The van der Waals surface area contributed by atoms with Crippen LogP contribution in [-0.2, 0) is 27.3 Å². The second-order valence-electron chi connectivity index (χ2n) is 13.3. The third-order valence-electron chi connectivity index (χ3n) is 9.84. The number of aliphatic hydroxyl groups is 1. The number of allylic oxidation sites excluding steroid dienone is 1. The summed E-state index contributed by atoms with van der Waals surface area (Å²) in [6.45, 7) is 6.79. The third kappa shape index (κ3) is 8.61. The average molecular weight is 747 g/mol. The standard InChI is InChI=1S/C32H34O3.C11H8N2O3S.2CH4/c1-31(2,25-14-18-29(34-4)19-15-25)24-10-12-27(13-11-24)32(3,26-8-6-23(22-33)7-9-26)28-16-20-30(35-5)21-17-28;1-17(15,16)10-4-2-3-8-7(10)5-6-9(13-12)11(8)14;;/h6-21,33H,22H2,1-5H3;2-6H,1H3;2*1H4. The van der Waals surface area contributed by atoms with Gasteiger partial charge in [-0.2, -0.15) is 4.79 Å². The van der Waals surface area contributed by atoms with Crippen LogP contribution in [0.25, 0.3) is 11.6 Å². The molecule has 0 fully saturated rings. The van der Waals surface area contributed by atoms with Crippen LogP contribution in [0.5, 0.6) is 11.5 Å². The highest BCUT2D eigenvalue weighted by atomic mass is 32.2. The fourth-order valence-corrected chi connectivity index (χ4v) is 7.36. The molecule has 1 N–H and O–H groups in total. The smallest absolute Gasteiger partial charge is 0.362 e. The molecule has 1 unspecified atom stereocenters. The Hall–Kier alpha value is -5.60. The Kier molecular flexibility index (Phi) is 13.9. The van der Waals surface area contributed by atoms with Gasteiger partial charge in [0.2, 0.25) is 0 Å². The van der Waals surface area contributed by atoms with Gasteiger partial charge in [0, 0.05) is 34.3 Å². The summed E-state index contributed by atoms with van der Waals surface area (Å²) in [5.41, 5.74) is 15.5. The third-order valence-corrected chi connectivity index (χ3v) is 11.0. The normalized spacial score (nSPS) is 13.1. The largest absolute Gasteiger partial charge is 0.497 e. The summed E-state index contributed by atoms with van der Waals surface area (Å²) in [6.07, 6.45) is 3.83. The minimum Gasteiger partial charge on any atom is -0.497 e. The molecule has 1 aliphatic carbocycles. The van der Waals surface area contributed by atoms with Crippen LogP contribution in [0.2, 0.25) is 0 Å². The molecule has 1 atom stereocenters. The van der Waals surface area contributed by atoms with E-state index < -0.39 is 15.6 Å². The van der Waals surface area contributed by atoms with E-state index in [0.717, 1.165) is 23.3 Å². The molecule has 0 spiro atoms. The Bertz CT molecular complexity index is 2200. The number of ketones is 1. The van der Waals surface area contributed by atoms with Crippen molar-refractivity contribution < 1.29 is 32.6 Å². The van der Waals surface area contributed by atoms with Crippen LogP contribution in [-0.4, -0.2) is 50.3 Å². The number of rotatable bonds is 9. The summed E-state index contributed by atoms with van der Waals surface area (Å²) in [6, 6.07) is 38.2. The summed E-state index contributed by atoms with van der Waals surface area (Å²) in [4.78, 5) is 14.7. The lowest BCUT2D eigenvalue weighted by molar-refractivity contribution is -0.00436. The van der Waals surface area contributed by atoms with Gasteiger partial charge in [0.1, 0.15) is 11.5 Å². The van der Waals surface area contributed by atoms with Crippen LogP contribution >= 0.6 is 0 Å². The van der Waals surface area contributed by atoms with Crippen molar-refractivity contribution in [3.05, 3.63) is 171 Å². The Morgan fingerprint density at radius 1 is 0.667 bits per heavy atom. The van der Waals surface area contributed by atoms with Crippen molar-refractivity contribution in [3.63, 3.8) is 0 Å². The van der Waals surface area contributed by atoms with Gasteiger partial charge in [0.05, 0.1) is 25.7 Å². The maximum atomic E-state index is 11.8. The lowest BCUT2D eigenvalue weighted by Gasteiger charge is -2.33. The highest BCUT2D eigenvalue weighted by Gasteiger charge is 2.33. The first kappa shape index (κ1) is 42.8. The van der Waals surface area contributed by atoms with Crippen molar-refractivity contribution in [1.29, 1.82) is 0 Å². The van der Waals surface area contributed by atoms with E-state index in [1.54, 1.807) is 14.2 Å². The second-order valence-corrected chi connectivity index (χ2v) is 15.3. The zero-order valence-corrected chi connectivity index (χ0v) is 30.9. The molecular formula is C45H50N2O6S. The number of carbonyl (C=O) groups excluding carboxylic acids is 1.